The van der Waals surface area contributed by atoms with Gasteiger partial charge in [0.2, 0.25) is 0 Å². The number of carbonyl (C=O) groups is 1. The SMILES string of the molecule is C[N+](NC(=O)CCCl)=C1NCCN1. The molecule has 1 rings (SSSR count). The molecule has 0 aliphatic carbocycles. The van der Waals surface area contributed by atoms with Gasteiger partial charge in [-0.05, 0) is 0 Å². The molecule has 0 aromatic heterocycles. The summed E-state index contributed by atoms with van der Waals surface area (Å²) >= 11 is 5.42. The second kappa shape index (κ2) is 4.91. The van der Waals surface area contributed by atoms with Gasteiger partial charge >= 0.3 is 5.96 Å². The summed E-state index contributed by atoms with van der Waals surface area (Å²) in [6.07, 6.45) is 0.333. The number of nitrogens with zero attached hydrogens (tertiary/aromatic N) is 1. The number of nitrogens with one attached hydrogen (secondary N) is 3. The summed E-state index contributed by atoms with van der Waals surface area (Å²) in [5.74, 6) is 1.08. The molecule has 1 aliphatic rings. The van der Waals surface area contributed by atoms with Gasteiger partial charge in [0.25, 0.3) is 5.91 Å². The van der Waals surface area contributed by atoms with Crippen molar-refractivity contribution in [2.24, 2.45) is 0 Å². The zero-order valence-corrected chi connectivity index (χ0v) is 8.32. The quantitative estimate of drug-likeness (QED) is 0.310. The van der Waals surface area contributed by atoms with Gasteiger partial charge in [-0.2, -0.15) is 4.68 Å². The Bertz CT molecular complexity index is 221. The van der Waals surface area contributed by atoms with Crippen LogP contribution >= 0.6 is 11.6 Å². The Hall–Kier alpha value is -0.970. The van der Waals surface area contributed by atoms with Gasteiger partial charge < -0.3 is 0 Å². The fraction of sp³-hybridized carbons (Fsp3) is 0.714. The molecule has 0 saturated carbocycles. The molecule has 13 heavy (non-hydrogen) atoms. The topological polar surface area (TPSA) is 56.2 Å². The highest BCUT2D eigenvalue weighted by Gasteiger charge is 2.16. The number of hydrogen-bond acceptors (Lipinski definition) is 1. The van der Waals surface area contributed by atoms with E-state index in [-0.39, 0.29) is 5.91 Å². The van der Waals surface area contributed by atoms with E-state index in [1.54, 1.807) is 11.7 Å². The number of halogens is 1. The van der Waals surface area contributed by atoms with E-state index < -0.39 is 0 Å². The zero-order chi connectivity index (χ0) is 9.68. The smallest absolute Gasteiger partial charge is 0.273 e. The van der Waals surface area contributed by atoms with Gasteiger partial charge in [0.15, 0.2) is 0 Å². The van der Waals surface area contributed by atoms with Crippen LogP contribution < -0.4 is 16.1 Å². The predicted octanol–water partition coefficient (Wildman–Crippen LogP) is -1.16. The Labute approximate surface area is 82.1 Å². The van der Waals surface area contributed by atoms with E-state index in [0.29, 0.717) is 12.3 Å². The summed E-state index contributed by atoms with van der Waals surface area (Å²) < 4.78 is 1.63. The van der Waals surface area contributed by atoms with Crippen LogP contribution in [0.5, 0.6) is 0 Å². The molecule has 0 aromatic carbocycles. The van der Waals surface area contributed by atoms with Crippen molar-refractivity contribution in [3.8, 4) is 0 Å². The van der Waals surface area contributed by atoms with E-state index in [4.69, 9.17) is 11.6 Å². The summed E-state index contributed by atoms with van der Waals surface area (Å²) in [7, 11) is 1.77. The van der Waals surface area contributed by atoms with E-state index in [2.05, 4.69) is 16.1 Å². The second-order valence-electron chi connectivity index (χ2n) is 2.74. The number of hydrogen-bond donors (Lipinski definition) is 3. The third-order valence-electron chi connectivity index (χ3n) is 1.66. The molecule has 1 heterocycles. The fourth-order valence-corrected chi connectivity index (χ4v) is 1.22. The number of rotatable bonds is 3. The molecule has 74 valence electrons. The number of alkyl halides is 1. The normalized spacial score (nSPS) is 14.8. The Morgan fingerprint density at radius 2 is 2.23 bits per heavy atom. The molecular weight excluding hydrogens is 192 g/mol. The van der Waals surface area contributed by atoms with Crippen LogP contribution in [-0.4, -0.2) is 42.6 Å². The van der Waals surface area contributed by atoms with Gasteiger partial charge in [0, 0.05) is 12.3 Å². The molecule has 0 spiro atoms. The number of guanidine groups is 1. The van der Waals surface area contributed by atoms with Gasteiger partial charge in [-0.15, -0.1) is 11.6 Å². The fourth-order valence-electron chi connectivity index (χ4n) is 1.05. The molecule has 1 fully saturated rings. The maximum atomic E-state index is 11.1. The molecule has 0 radical (unpaired) electrons. The Morgan fingerprint density at radius 1 is 1.62 bits per heavy atom. The van der Waals surface area contributed by atoms with Crippen LogP contribution in [0, 0.1) is 0 Å². The highest BCUT2D eigenvalue weighted by atomic mass is 35.5. The lowest BCUT2D eigenvalue weighted by Crippen LogP contribution is -2.43. The first-order valence-corrected chi connectivity index (χ1v) is 4.71. The molecule has 5 nitrogen and oxygen atoms in total. The van der Waals surface area contributed by atoms with E-state index in [9.17, 15) is 4.79 Å². The average Bonchev–Trinajstić information content (AvgIpc) is 2.55. The number of hydrazone groups is 1. The number of carbonyl (C=O) groups excluding carboxylic acids is 1. The highest BCUT2D eigenvalue weighted by molar-refractivity contribution is 6.18. The molecule has 1 amide bonds. The van der Waals surface area contributed by atoms with Gasteiger partial charge in [0.1, 0.15) is 0 Å². The number of hydrazine groups is 1. The van der Waals surface area contributed by atoms with E-state index in [1.165, 1.54) is 0 Å². The van der Waals surface area contributed by atoms with Crippen molar-refractivity contribution < 1.29 is 9.48 Å². The maximum absolute atomic E-state index is 11.1. The van der Waals surface area contributed by atoms with Crippen LogP contribution in [0.2, 0.25) is 0 Å². The third kappa shape index (κ3) is 3.10. The molecule has 0 bridgehead atoms. The molecule has 1 saturated heterocycles. The van der Waals surface area contributed by atoms with E-state index >= 15 is 0 Å². The number of amides is 1. The summed E-state index contributed by atoms with van der Waals surface area (Å²) in [5.41, 5.74) is 2.67. The first-order chi connectivity index (χ1) is 6.24. The van der Waals surface area contributed by atoms with Crippen LogP contribution in [0.15, 0.2) is 0 Å². The van der Waals surface area contributed by atoms with Crippen molar-refractivity contribution in [3.63, 3.8) is 0 Å². The standard InChI is InChI=1S/C7H13ClN4O/c1-12(7-9-4-5-10-7)11-6(13)2-3-8/h2-5H2,1H3,(H2,9,10,11,13)/p+1. The lowest BCUT2D eigenvalue weighted by Gasteiger charge is -2.05. The monoisotopic (exact) mass is 205 g/mol. The lowest BCUT2D eigenvalue weighted by molar-refractivity contribution is -0.549. The molecule has 0 unspecified atom stereocenters. The van der Waals surface area contributed by atoms with Crippen molar-refractivity contribution in [1.82, 2.24) is 16.1 Å². The summed E-state index contributed by atoms with van der Waals surface area (Å²) in [6, 6.07) is 0. The summed E-state index contributed by atoms with van der Waals surface area (Å²) in [6.45, 7) is 1.76. The van der Waals surface area contributed by atoms with Crippen molar-refractivity contribution in [3.05, 3.63) is 0 Å². The van der Waals surface area contributed by atoms with Crippen molar-refractivity contribution in [2.45, 2.75) is 6.42 Å². The van der Waals surface area contributed by atoms with Crippen LogP contribution in [0.25, 0.3) is 0 Å². The minimum Gasteiger partial charge on any atom is -0.273 e. The Balaban J connectivity index is 2.43. The van der Waals surface area contributed by atoms with Crippen molar-refractivity contribution >= 4 is 23.5 Å². The molecule has 0 atom stereocenters. The van der Waals surface area contributed by atoms with Gasteiger partial charge in [-0.3, -0.25) is 15.4 Å². The first kappa shape index (κ1) is 10.1. The highest BCUT2D eigenvalue weighted by Crippen LogP contribution is 1.83. The van der Waals surface area contributed by atoms with Gasteiger partial charge in [0.05, 0.1) is 20.1 Å². The van der Waals surface area contributed by atoms with Crippen molar-refractivity contribution in [2.75, 3.05) is 26.0 Å². The first-order valence-electron chi connectivity index (χ1n) is 4.18. The van der Waals surface area contributed by atoms with Crippen LogP contribution in [0.1, 0.15) is 6.42 Å². The van der Waals surface area contributed by atoms with Crippen LogP contribution in [0.4, 0.5) is 0 Å². The lowest BCUT2D eigenvalue weighted by atomic mass is 10.5. The summed E-state index contributed by atoms with van der Waals surface area (Å²) in [5, 5.41) is 6.18. The molecule has 3 N–H and O–H groups in total. The van der Waals surface area contributed by atoms with Gasteiger partial charge in [-0.1, -0.05) is 0 Å². The molecule has 6 heteroatoms. The Kier molecular flexibility index (Phi) is 3.82. The van der Waals surface area contributed by atoms with E-state index in [1.807, 2.05) is 0 Å². The summed E-state index contributed by atoms with van der Waals surface area (Å²) in [4.78, 5) is 11.1. The predicted molar refractivity (Wildman–Crippen MR) is 50.7 cm³/mol. The minimum atomic E-state index is -0.0829. The van der Waals surface area contributed by atoms with Crippen LogP contribution in [0.3, 0.4) is 0 Å². The molecule has 0 aromatic rings. The van der Waals surface area contributed by atoms with Crippen molar-refractivity contribution in [1.29, 1.82) is 0 Å². The largest absolute Gasteiger partial charge is 0.367 e. The van der Waals surface area contributed by atoms with Crippen LogP contribution in [-0.2, 0) is 4.79 Å². The molecular formula is C7H14ClN4O+. The second-order valence-corrected chi connectivity index (χ2v) is 3.11. The third-order valence-corrected chi connectivity index (χ3v) is 1.85. The van der Waals surface area contributed by atoms with Gasteiger partial charge in [-0.25, -0.2) is 5.43 Å². The maximum Gasteiger partial charge on any atom is 0.367 e. The zero-order valence-electron chi connectivity index (χ0n) is 7.56. The average molecular weight is 206 g/mol. The van der Waals surface area contributed by atoms with E-state index in [0.717, 1.165) is 19.0 Å². The minimum absolute atomic E-state index is 0.0829. The molecule has 1 aliphatic heterocycles. The Morgan fingerprint density at radius 3 is 2.77 bits per heavy atom.